The second kappa shape index (κ2) is 7.16. The molecule has 4 heteroatoms. The molecule has 2 aliphatic rings. The number of benzene rings is 1. The zero-order valence-corrected chi connectivity index (χ0v) is 13.8. The molecule has 23 heavy (non-hydrogen) atoms. The van der Waals surface area contributed by atoms with Crippen molar-refractivity contribution < 1.29 is 9.59 Å². The van der Waals surface area contributed by atoms with Crippen molar-refractivity contribution in [2.45, 2.75) is 50.5 Å². The summed E-state index contributed by atoms with van der Waals surface area (Å²) in [5.41, 5.74) is 1.32. The summed E-state index contributed by atoms with van der Waals surface area (Å²) in [6.07, 6.45) is 5.67. The first-order valence-corrected chi connectivity index (χ1v) is 8.74. The van der Waals surface area contributed by atoms with Crippen LogP contribution in [0.15, 0.2) is 30.3 Å². The zero-order chi connectivity index (χ0) is 16.2. The summed E-state index contributed by atoms with van der Waals surface area (Å²) < 4.78 is 0. The number of likely N-dealkylation sites (tertiary alicyclic amines) is 1. The largest absolute Gasteiger partial charge is 0.353 e. The van der Waals surface area contributed by atoms with Gasteiger partial charge in [0, 0.05) is 37.9 Å². The van der Waals surface area contributed by atoms with E-state index in [-0.39, 0.29) is 23.8 Å². The minimum absolute atomic E-state index is 0.0688. The molecule has 124 valence electrons. The van der Waals surface area contributed by atoms with Crippen LogP contribution in [-0.4, -0.2) is 36.3 Å². The monoisotopic (exact) mass is 314 g/mol. The highest BCUT2D eigenvalue weighted by Crippen LogP contribution is 2.33. The number of hydrogen-bond donors (Lipinski definition) is 1. The molecule has 1 N–H and O–H groups in total. The molecule has 1 aliphatic carbocycles. The summed E-state index contributed by atoms with van der Waals surface area (Å²) in [5.74, 6) is 0.395. The summed E-state index contributed by atoms with van der Waals surface area (Å²) in [7, 11) is 1.81. The van der Waals surface area contributed by atoms with Crippen molar-refractivity contribution in [3.05, 3.63) is 35.9 Å². The number of nitrogens with zero attached hydrogens (tertiary/aromatic N) is 1. The molecule has 1 heterocycles. The molecule has 0 spiro atoms. The molecule has 0 unspecified atom stereocenters. The Hall–Kier alpha value is -1.84. The Labute approximate surface area is 138 Å². The Morgan fingerprint density at radius 1 is 1.13 bits per heavy atom. The Kier molecular flexibility index (Phi) is 4.99. The molecule has 1 aliphatic heterocycles. The number of piperidine rings is 1. The van der Waals surface area contributed by atoms with Gasteiger partial charge in [-0.1, -0.05) is 43.2 Å². The minimum Gasteiger partial charge on any atom is -0.353 e. The van der Waals surface area contributed by atoms with E-state index in [4.69, 9.17) is 0 Å². The Bertz CT molecular complexity index is 558. The van der Waals surface area contributed by atoms with E-state index in [0.29, 0.717) is 18.9 Å². The van der Waals surface area contributed by atoms with Gasteiger partial charge in [-0.25, -0.2) is 0 Å². The number of rotatable bonds is 3. The highest BCUT2D eigenvalue weighted by Gasteiger charge is 2.33. The predicted molar refractivity (Wildman–Crippen MR) is 89.9 cm³/mol. The van der Waals surface area contributed by atoms with Crippen molar-refractivity contribution >= 4 is 11.8 Å². The van der Waals surface area contributed by atoms with Crippen LogP contribution in [0.2, 0.25) is 0 Å². The van der Waals surface area contributed by atoms with Crippen LogP contribution in [0.5, 0.6) is 0 Å². The van der Waals surface area contributed by atoms with Crippen molar-refractivity contribution in [3.8, 4) is 0 Å². The molecule has 3 atom stereocenters. The van der Waals surface area contributed by atoms with Crippen LogP contribution in [0.3, 0.4) is 0 Å². The van der Waals surface area contributed by atoms with E-state index in [1.54, 1.807) is 4.90 Å². The number of carbonyl (C=O) groups is 2. The Morgan fingerprint density at radius 2 is 1.87 bits per heavy atom. The number of hydrogen-bond acceptors (Lipinski definition) is 2. The van der Waals surface area contributed by atoms with Gasteiger partial charge in [0.25, 0.3) is 0 Å². The second-order valence-electron chi connectivity index (χ2n) is 6.92. The van der Waals surface area contributed by atoms with Crippen molar-refractivity contribution in [3.63, 3.8) is 0 Å². The molecule has 4 nitrogen and oxygen atoms in total. The molecule has 0 bridgehead atoms. The van der Waals surface area contributed by atoms with E-state index in [0.717, 1.165) is 19.3 Å². The average molecular weight is 314 g/mol. The van der Waals surface area contributed by atoms with E-state index in [9.17, 15) is 9.59 Å². The van der Waals surface area contributed by atoms with E-state index >= 15 is 0 Å². The predicted octanol–water partition coefficient (Wildman–Crippen LogP) is 2.70. The van der Waals surface area contributed by atoms with Gasteiger partial charge in [-0.05, 0) is 24.8 Å². The highest BCUT2D eigenvalue weighted by atomic mass is 16.2. The van der Waals surface area contributed by atoms with Crippen molar-refractivity contribution in [2.24, 2.45) is 5.92 Å². The standard InChI is InChI=1S/C19H26N2O2/c1-21-12-11-15(13-18(21)22)19(23)20-17-10-6-5-9-16(17)14-7-3-2-4-8-14/h2-4,7-8,15-17H,5-6,9-13H2,1H3,(H,20,23)/t15-,16-,17+/m0/s1. The fourth-order valence-electron chi connectivity index (χ4n) is 3.87. The van der Waals surface area contributed by atoms with E-state index in [1.165, 1.54) is 18.4 Å². The molecule has 1 aromatic carbocycles. The molecule has 3 rings (SSSR count). The second-order valence-corrected chi connectivity index (χ2v) is 6.92. The molecule has 1 aromatic rings. The highest BCUT2D eigenvalue weighted by molar-refractivity contribution is 5.87. The van der Waals surface area contributed by atoms with Crippen molar-refractivity contribution in [2.75, 3.05) is 13.6 Å². The van der Waals surface area contributed by atoms with Gasteiger partial charge < -0.3 is 10.2 Å². The first-order chi connectivity index (χ1) is 11.1. The van der Waals surface area contributed by atoms with Crippen LogP contribution < -0.4 is 5.32 Å². The minimum atomic E-state index is -0.156. The average Bonchev–Trinajstić information content (AvgIpc) is 2.58. The fraction of sp³-hybridized carbons (Fsp3) is 0.579. The van der Waals surface area contributed by atoms with Crippen LogP contribution in [0.1, 0.15) is 50.0 Å². The third kappa shape index (κ3) is 3.74. The molecule has 2 amide bonds. The first kappa shape index (κ1) is 16.0. The lowest BCUT2D eigenvalue weighted by atomic mass is 9.79. The maximum absolute atomic E-state index is 12.6. The third-order valence-electron chi connectivity index (χ3n) is 5.35. The van der Waals surface area contributed by atoms with Crippen molar-refractivity contribution in [1.82, 2.24) is 10.2 Å². The summed E-state index contributed by atoms with van der Waals surface area (Å²) in [4.78, 5) is 26.2. The van der Waals surface area contributed by atoms with Gasteiger partial charge in [-0.15, -0.1) is 0 Å². The summed E-state index contributed by atoms with van der Waals surface area (Å²) in [6.45, 7) is 0.684. The molecule has 2 fully saturated rings. The molecular weight excluding hydrogens is 288 g/mol. The van der Waals surface area contributed by atoms with Crippen LogP contribution >= 0.6 is 0 Å². The topological polar surface area (TPSA) is 49.4 Å². The quantitative estimate of drug-likeness (QED) is 0.932. The van der Waals surface area contributed by atoms with E-state index in [2.05, 4.69) is 29.6 Å². The Balaban J connectivity index is 1.65. The summed E-state index contributed by atoms with van der Waals surface area (Å²) in [5, 5.41) is 3.26. The molecular formula is C19H26N2O2. The Morgan fingerprint density at radius 3 is 2.61 bits per heavy atom. The lowest BCUT2D eigenvalue weighted by Crippen LogP contribution is -2.47. The molecule has 1 saturated heterocycles. The van der Waals surface area contributed by atoms with Crippen molar-refractivity contribution in [1.29, 1.82) is 0 Å². The van der Waals surface area contributed by atoms with Gasteiger partial charge in [-0.3, -0.25) is 9.59 Å². The molecule has 0 radical (unpaired) electrons. The maximum Gasteiger partial charge on any atom is 0.223 e. The van der Waals surface area contributed by atoms with Gasteiger partial charge in [0.15, 0.2) is 0 Å². The number of nitrogens with one attached hydrogen (secondary N) is 1. The maximum atomic E-state index is 12.6. The van der Waals surface area contributed by atoms with Crippen LogP contribution in [0, 0.1) is 5.92 Å². The summed E-state index contributed by atoms with van der Waals surface area (Å²) >= 11 is 0. The lowest BCUT2D eigenvalue weighted by Gasteiger charge is -2.35. The van der Waals surface area contributed by atoms with E-state index < -0.39 is 0 Å². The lowest BCUT2D eigenvalue weighted by molar-refractivity contribution is -0.139. The van der Waals surface area contributed by atoms with Crippen LogP contribution in [-0.2, 0) is 9.59 Å². The third-order valence-corrected chi connectivity index (χ3v) is 5.35. The van der Waals surface area contributed by atoms with E-state index in [1.807, 2.05) is 13.1 Å². The molecule has 0 aromatic heterocycles. The van der Waals surface area contributed by atoms with Gasteiger partial charge >= 0.3 is 0 Å². The van der Waals surface area contributed by atoms with Gasteiger partial charge in [0.2, 0.25) is 11.8 Å². The number of amides is 2. The summed E-state index contributed by atoms with van der Waals surface area (Å²) in [6, 6.07) is 10.7. The van der Waals surface area contributed by atoms with Crippen LogP contribution in [0.25, 0.3) is 0 Å². The zero-order valence-electron chi connectivity index (χ0n) is 13.8. The smallest absolute Gasteiger partial charge is 0.223 e. The SMILES string of the molecule is CN1CC[C@H](C(=O)N[C@@H]2CCCC[C@H]2c2ccccc2)CC1=O. The number of carbonyl (C=O) groups excluding carboxylic acids is 2. The van der Waals surface area contributed by atoms with Gasteiger partial charge in [-0.2, -0.15) is 0 Å². The molecule has 1 saturated carbocycles. The first-order valence-electron chi connectivity index (χ1n) is 8.74. The van der Waals surface area contributed by atoms with Gasteiger partial charge in [0.1, 0.15) is 0 Å². The van der Waals surface area contributed by atoms with Gasteiger partial charge in [0.05, 0.1) is 0 Å². The van der Waals surface area contributed by atoms with Crippen LogP contribution in [0.4, 0.5) is 0 Å². The fourth-order valence-corrected chi connectivity index (χ4v) is 3.87. The normalized spacial score (nSPS) is 28.5.